The lowest BCUT2D eigenvalue weighted by molar-refractivity contribution is -0.240. The van der Waals surface area contributed by atoms with Crippen LogP contribution in [0.3, 0.4) is 0 Å². The summed E-state index contributed by atoms with van der Waals surface area (Å²) in [6.45, 7) is -0.749. The van der Waals surface area contributed by atoms with Gasteiger partial charge in [0.15, 0.2) is 6.17 Å². The highest BCUT2D eigenvalue weighted by atomic mass is 19.3. The fraction of sp³-hybridized carbons (Fsp3) is 1.00. The second-order valence-corrected chi connectivity index (χ2v) is 2.42. The number of hydrogen-bond donors (Lipinski definition) is 1. The van der Waals surface area contributed by atoms with Crippen LogP contribution in [0, 0.1) is 0 Å². The molecule has 6 heteroatoms. The van der Waals surface area contributed by atoms with Gasteiger partial charge >= 0.3 is 11.8 Å². The molecule has 1 N–H and O–H groups in total. The third kappa shape index (κ3) is 2.06. The monoisotopic (exact) mass is 192 g/mol. The molecule has 1 unspecified atom stereocenters. The van der Waals surface area contributed by atoms with E-state index in [2.05, 4.69) is 0 Å². The standard InChI is InChI=1S/C6H9F5O/c1-4(7)6(10,11)5(8,9)2-3-12/h4,12H,2-3H2,1H3. The first kappa shape index (κ1) is 11.6. The van der Waals surface area contributed by atoms with Gasteiger partial charge in [-0.1, -0.05) is 0 Å². The third-order valence-corrected chi connectivity index (χ3v) is 1.41. The normalized spacial score (nSPS) is 16.2. The Morgan fingerprint density at radius 2 is 1.67 bits per heavy atom. The largest absolute Gasteiger partial charge is 0.396 e. The summed E-state index contributed by atoms with van der Waals surface area (Å²) < 4.78 is 61.1. The zero-order valence-corrected chi connectivity index (χ0v) is 6.33. The Hall–Kier alpha value is -0.390. The molecule has 0 aliphatic carbocycles. The maximum absolute atomic E-state index is 12.3. The lowest BCUT2D eigenvalue weighted by Gasteiger charge is -2.26. The smallest absolute Gasteiger partial charge is 0.340 e. The maximum Gasteiger partial charge on any atom is 0.340 e. The quantitative estimate of drug-likeness (QED) is 0.675. The Morgan fingerprint density at radius 1 is 1.25 bits per heavy atom. The molecule has 12 heavy (non-hydrogen) atoms. The van der Waals surface area contributed by atoms with Crippen LogP contribution in [0.5, 0.6) is 0 Å². The van der Waals surface area contributed by atoms with Crippen molar-refractivity contribution in [3.8, 4) is 0 Å². The predicted molar refractivity (Wildman–Crippen MR) is 32.2 cm³/mol. The second kappa shape index (κ2) is 3.55. The van der Waals surface area contributed by atoms with Gasteiger partial charge in [0.2, 0.25) is 0 Å². The topological polar surface area (TPSA) is 20.2 Å². The molecule has 0 fully saturated rings. The Morgan fingerprint density at radius 3 is 1.92 bits per heavy atom. The maximum atomic E-state index is 12.3. The van der Waals surface area contributed by atoms with Crippen molar-refractivity contribution in [1.29, 1.82) is 0 Å². The Kier molecular flexibility index (Phi) is 3.44. The molecular weight excluding hydrogens is 183 g/mol. The van der Waals surface area contributed by atoms with E-state index in [1.165, 1.54) is 0 Å². The van der Waals surface area contributed by atoms with Gasteiger partial charge in [-0.05, 0) is 6.92 Å². The van der Waals surface area contributed by atoms with Crippen molar-refractivity contribution in [3.63, 3.8) is 0 Å². The molecule has 0 amide bonds. The van der Waals surface area contributed by atoms with Crippen LogP contribution in [0.4, 0.5) is 22.0 Å². The van der Waals surface area contributed by atoms with Gasteiger partial charge in [-0.2, -0.15) is 17.6 Å². The zero-order chi connectivity index (χ0) is 9.99. The van der Waals surface area contributed by atoms with Crippen molar-refractivity contribution in [1.82, 2.24) is 0 Å². The third-order valence-electron chi connectivity index (χ3n) is 1.41. The Labute approximate surface area is 66.2 Å². The minimum absolute atomic E-state index is 0.352. The van der Waals surface area contributed by atoms with E-state index in [4.69, 9.17) is 5.11 Å². The Bertz CT molecular complexity index is 145. The number of alkyl halides is 5. The zero-order valence-electron chi connectivity index (χ0n) is 6.33. The number of rotatable bonds is 4. The van der Waals surface area contributed by atoms with E-state index in [0.717, 1.165) is 0 Å². The average molecular weight is 192 g/mol. The molecule has 0 radical (unpaired) electrons. The number of aliphatic hydroxyl groups excluding tert-OH is 1. The SMILES string of the molecule is CC(F)C(F)(F)C(F)(F)CCO. The van der Waals surface area contributed by atoms with Gasteiger partial charge in [0.25, 0.3) is 0 Å². The molecule has 0 rings (SSSR count). The van der Waals surface area contributed by atoms with Crippen molar-refractivity contribution in [2.75, 3.05) is 6.61 Å². The molecule has 1 nitrogen and oxygen atoms in total. The summed E-state index contributed by atoms with van der Waals surface area (Å²) in [5, 5.41) is 8.01. The van der Waals surface area contributed by atoms with Crippen LogP contribution >= 0.6 is 0 Å². The van der Waals surface area contributed by atoms with Gasteiger partial charge in [-0.3, -0.25) is 0 Å². The lowest BCUT2D eigenvalue weighted by Crippen LogP contribution is -2.47. The molecule has 0 aromatic rings. The molecule has 0 aliphatic rings. The first-order chi connectivity index (χ1) is 5.25. The number of halogens is 5. The van der Waals surface area contributed by atoms with Crippen molar-refractivity contribution in [3.05, 3.63) is 0 Å². The molecule has 0 saturated carbocycles. The van der Waals surface area contributed by atoms with E-state index in [9.17, 15) is 22.0 Å². The molecule has 0 spiro atoms. The van der Waals surface area contributed by atoms with E-state index >= 15 is 0 Å². The molecule has 0 saturated heterocycles. The summed E-state index contributed by atoms with van der Waals surface area (Å²) in [6.07, 6.45) is -4.37. The lowest BCUT2D eigenvalue weighted by atomic mass is 10.1. The van der Waals surface area contributed by atoms with Crippen molar-refractivity contribution >= 4 is 0 Å². The first-order valence-electron chi connectivity index (χ1n) is 3.26. The molecular formula is C6H9F5O. The summed E-state index contributed by atoms with van der Waals surface area (Å²) in [7, 11) is 0. The Balaban J connectivity index is 4.50. The van der Waals surface area contributed by atoms with Crippen LogP contribution in [-0.4, -0.2) is 29.7 Å². The van der Waals surface area contributed by atoms with Crippen molar-refractivity contribution in [2.45, 2.75) is 31.4 Å². The van der Waals surface area contributed by atoms with Crippen molar-refractivity contribution < 1.29 is 27.1 Å². The van der Waals surface area contributed by atoms with Crippen LogP contribution in [0.25, 0.3) is 0 Å². The fourth-order valence-electron chi connectivity index (χ4n) is 0.598. The highest BCUT2D eigenvalue weighted by molar-refractivity contribution is 4.88. The van der Waals surface area contributed by atoms with E-state index in [-0.39, 0.29) is 0 Å². The first-order valence-corrected chi connectivity index (χ1v) is 3.26. The molecule has 0 heterocycles. The highest BCUT2D eigenvalue weighted by Gasteiger charge is 2.59. The summed E-state index contributed by atoms with van der Waals surface area (Å²) in [4.78, 5) is 0. The summed E-state index contributed by atoms with van der Waals surface area (Å²) >= 11 is 0. The van der Waals surface area contributed by atoms with Gasteiger partial charge in [0, 0.05) is 13.0 Å². The summed E-state index contributed by atoms with van der Waals surface area (Å²) in [6, 6.07) is 0. The van der Waals surface area contributed by atoms with Crippen LogP contribution in [0.15, 0.2) is 0 Å². The van der Waals surface area contributed by atoms with Crippen LogP contribution in [-0.2, 0) is 0 Å². The van der Waals surface area contributed by atoms with Crippen LogP contribution in [0.1, 0.15) is 13.3 Å². The van der Waals surface area contributed by atoms with Gasteiger partial charge < -0.3 is 5.11 Å². The van der Waals surface area contributed by atoms with Gasteiger partial charge in [0.05, 0.1) is 0 Å². The minimum atomic E-state index is -4.71. The van der Waals surface area contributed by atoms with Gasteiger partial charge in [-0.15, -0.1) is 0 Å². The predicted octanol–water partition coefficient (Wildman–Crippen LogP) is 2.00. The summed E-state index contributed by atoms with van der Waals surface area (Å²) in [5.41, 5.74) is 0. The molecule has 0 aromatic heterocycles. The summed E-state index contributed by atoms with van der Waals surface area (Å²) in [5.74, 6) is -9.20. The number of hydrogen-bond acceptors (Lipinski definition) is 1. The van der Waals surface area contributed by atoms with E-state index in [1.54, 1.807) is 0 Å². The molecule has 0 bridgehead atoms. The van der Waals surface area contributed by atoms with E-state index in [1.807, 2.05) is 0 Å². The van der Waals surface area contributed by atoms with Crippen LogP contribution in [0.2, 0.25) is 0 Å². The van der Waals surface area contributed by atoms with E-state index in [0.29, 0.717) is 6.92 Å². The van der Waals surface area contributed by atoms with E-state index < -0.39 is 31.0 Å². The van der Waals surface area contributed by atoms with Gasteiger partial charge in [0.1, 0.15) is 0 Å². The molecule has 0 aromatic carbocycles. The second-order valence-electron chi connectivity index (χ2n) is 2.42. The molecule has 74 valence electrons. The van der Waals surface area contributed by atoms with Gasteiger partial charge in [-0.25, -0.2) is 4.39 Å². The number of aliphatic hydroxyl groups is 1. The van der Waals surface area contributed by atoms with Crippen LogP contribution < -0.4 is 0 Å². The molecule has 1 atom stereocenters. The average Bonchev–Trinajstić information content (AvgIpc) is 1.86. The van der Waals surface area contributed by atoms with Crippen molar-refractivity contribution in [2.24, 2.45) is 0 Å². The highest BCUT2D eigenvalue weighted by Crippen LogP contribution is 2.40. The fourth-order valence-corrected chi connectivity index (χ4v) is 0.598. The molecule has 0 aliphatic heterocycles. The minimum Gasteiger partial charge on any atom is -0.396 e.